The second-order valence-electron chi connectivity index (χ2n) is 6.59. The molecule has 1 saturated heterocycles. The number of nitrogens with zero attached hydrogens (tertiary/aromatic N) is 1. The molecule has 0 amide bonds. The molecule has 1 unspecified atom stereocenters. The maximum atomic E-state index is 14.0. The molecule has 1 aliphatic heterocycles. The predicted octanol–water partition coefficient (Wildman–Crippen LogP) is 3.09. The molecule has 0 aromatic heterocycles. The fourth-order valence-electron chi connectivity index (χ4n) is 3.12. The van der Waals surface area contributed by atoms with Crippen LogP contribution in [0, 0.1) is 17.0 Å². The second kappa shape index (κ2) is 6.01. The molecule has 2 rings (SSSR count). The maximum Gasteiger partial charge on any atom is 0.156 e. The summed E-state index contributed by atoms with van der Waals surface area (Å²) in [5.74, 6) is -0.987. The monoisotopic (exact) mass is 317 g/mol. The Bertz CT molecular complexity index is 588. The average molecular weight is 317 g/mol. The molecule has 6 heteroatoms. The van der Waals surface area contributed by atoms with Crippen LogP contribution in [0.3, 0.4) is 0 Å². The standard InChI is InChI=1S/C15H21F2NO2S/c1-15(2,3)14(21(19)20)18-8-4-5-13(18)11-9-10(16)6-7-12(11)17/h6-7,9,13-14,21H,4-5,8H2,1-3H3/t13-,14?/m1/s1. The maximum absolute atomic E-state index is 14.0. The van der Waals surface area contributed by atoms with Gasteiger partial charge in [0.1, 0.15) is 17.0 Å². The number of hydrogen-bond donors (Lipinski definition) is 1. The van der Waals surface area contributed by atoms with Crippen molar-refractivity contribution in [3.63, 3.8) is 0 Å². The van der Waals surface area contributed by atoms with Crippen LogP contribution in [0.25, 0.3) is 0 Å². The smallest absolute Gasteiger partial charge is 0.156 e. The van der Waals surface area contributed by atoms with E-state index in [9.17, 15) is 17.2 Å². The second-order valence-corrected chi connectivity index (χ2v) is 7.65. The van der Waals surface area contributed by atoms with Crippen molar-refractivity contribution in [3.8, 4) is 0 Å². The third kappa shape index (κ3) is 3.43. The van der Waals surface area contributed by atoms with E-state index in [1.54, 1.807) is 4.90 Å². The summed E-state index contributed by atoms with van der Waals surface area (Å²) in [5.41, 5.74) is -0.236. The molecular weight excluding hydrogens is 296 g/mol. The molecule has 2 atom stereocenters. The number of rotatable bonds is 3. The third-order valence-corrected chi connectivity index (χ3v) is 5.37. The van der Waals surface area contributed by atoms with E-state index in [0.717, 1.165) is 18.6 Å². The molecule has 1 aromatic rings. The van der Waals surface area contributed by atoms with Gasteiger partial charge in [-0.3, -0.25) is 4.90 Å². The van der Waals surface area contributed by atoms with Gasteiger partial charge in [-0.25, -0.2) is 17.2 Å². The molecule has 118 valence electrons. The normalized spacial score (nSPS) is 21.9. The minimum absolute atomic E-state index is 0.249. The van der Waals surface area contributed by atoms with Gasteiger partial charge >= 0.3 is 0 Å². The van der Waals surface area contributed by atoms with E-state index >= 15 is 0 Å². The Morgan fingerprint density at radius 2 is 1.95 bits per heavy atom. The van der Waals surface area contributed by atoms with Gasteiger partial charge in [0.25, 0.3) is 0 Å². The molecule has 1 aliphatic rings. The van der Waals surface area contributed by atoms with Gasteiger partial charge in [-0.1, -0.05) is 20.8 Å². The Kier molecular flexibility index (Phi) is 4.68. The molecule has 1 fully saturated rings. The van der Waals surface area contributed by atoms with E-state index in [1.165, 1.54) is 6.07 Å². The lowest BCUT2D eigenvalue weighted by atomic mass is 9.94. The van der Waals surface area contributed by atoms with Gasteiger partial charge in [0.2, 0.25) is 0 Å². The van der Waals surface area contributed by atoms with Crippen LogP contribution in [0.15, 0.2) is 18.2 Å². The lowest BCUT2D eigenvalue weighted by Gasteiger charge is -2.37. The van der Waals surface area contributed by atoms with Crippen molar-refractivity contribution in [2.75, 3.05) is 6.54 Å². The lowest BCUT2D eigenvalue weighted by molar-refractivity contribution is 0.143. The van der Waals surface area contributed by atoms with Crippen LogP contribution in [0.4, 0.5) is 8.78 Å². The Balaban J connectivity index is 2.42. The van der Waals surface area contributed by atoms with Gasteiger partial charge in [0.15, 0.2) is 10.7 Å². The molecule has 1 heterocycles. The first kappa shape index (κ1) is 16.4. The summed E-state index contributed by atoms with van der Waals surface area (Å²) >= 11 is 0. The number of benzene rings is 1. The first-order valence-corrected chi connectivity index (χ1v) is 8.30. The molecular formula is C15H21F2NO2S. The fraction of sp³-hybridized carbons (Fsp3) is 0.600. The Hall–Kier alpha value is -1.01. The molecule has 0 radical (unpaired) electrons. The van der Waals surface area contributed by atoms with Crippen LogP contribution in [0.2, 0.25) is 0 Å². The minimum Gasteiger partial charge on any atom is -0.280 e. The number of thiol groups is 1. The van der Waals surface area contributed by atoms with Gasteiger partial charge in [-0.15, -0.1) is 0 Å². The van der Waals surface area contributed by atoms with Crippen LogP contribution in [-0.2, 0) is 10.7 Å². The lowest BCUT2D eigenvalue weighted by Crippen LogP contribution is -2.44. The van der Waals surface area contributed by atoms with Gasteiger partial charge in [0, 0.05) is 18.2 Å². The highest BCUT2D eigenvalue weighted by Crippen LogP contribution is 2.39. The van der Waals surface area contributed by atoms with E-state index in [4.69, 9.17) is 0 Å². The first-order chi connectivity index (χ1) is 9.71. The Labute approximate surface area is 125 Å². The SMILES string of the molecule is CC(C)(C)C(N1CCC[C@@H]1c1cc(F)ccc1F)[SH](=O)=O. The van der Waals surface area contributed by atoms with Crippen molar-refractivity contribution in [2.45, 2.75) is 45.0 Å². The summed E-state index contributed by atoms with van der Waals surface area (Å²) in [6, 6.07) is 2.96. The topological polar surface area (TPSA) is 37.4 Å². The van der Waals surface area contributed by atoms with E-state index in [-0.39, 0.29) is 5.56 Å². The number of likely N-dealkylation sites (tertiary alicyclic amines) is 1. The molecule has 21 heavy (non-hydrogen) atoms. The van der Waals surface area contributed by atoms with Crippen LogP contribution < -0.4 is 0 Å². The molecule has 0 aliphatic carbocycles. The van der Waals surface area contributed by atoms with Crippen molar-refractivity contribution in [3.05, 3.63) is 35.4 Å². The fourth-order valence-corrected chi connectivity index (χ4v) is 4.27. The van der Waals surface area contributed by atoms with Crippen molar-refractivity contribution < 1.29 is 17.2 Å². The highest BCUT2D eigenvalue weighted by Gasteiger charge is 2.40. The predicted molar refractivity (Wildman–Crippen MR) is 78.6 cm³/mol. The zero-order valence-corrected chi connectivity index (χ0v) is 13.4. The molecule has 0 saturated carbocycles. The van der Waals surface area contributed by atoms with Crippen molar-refractivity contribution in [1.82, 2.24) is 4.90 Å². The summed E-state index contributed by atoms with van der Waals surface area (Å²) in [6.45, 7) is 6.12. The largest absolute Gasteiger partial charge is 0.280 e. The zero-order chi connectivity index (χ0) is 15.8. The van der Waals surface area contributed by atoms with Crippen LogP contribution in [0.1, 0.15) is 45.2 Å². The average Bonchev–Trinajstić information content (AvgIpc) is 2.78. The Morgan fingerprint density at radius 3 is 2.52 bits per heavy atom. The third-order valence-electron chi connectivity index (χ3n) is 3.90. The quantitative estimate of drug-likeness (QED) is 0.871. The highest BCUT2D eigenvalue weighted by atomic mass is 32.2. The van der Waals surface area contributed by atoms with Gasteiger partial charge in [-0.05, 0) is 36.5 Å². The highest BCUT2D eigenvalue weighted by molar-refractivity contribution is 7.73. The number of hydrogen-bond acceptors (Lipinski definition) is 3. The number of halogens is 2. The van der Waals surface area contributed by atoms with Crippen molar-refractivity contribution in [2.24, 2.45) is 5.41 Å². The Morgan fingerprint density at radius 1 is 1.29 bits per heavy atom. The van der Waals surface area contributed by atoms with Crippen molar-refractivity contribution >= 4 is 10.7 Å². The van der Waals surface area contributed by atoms with Crippen molar-refractivity contribution in [1.29, 1.82) is 0 Å². The minimum atomic E-state index is -2.69. The first-order valence-electron chi connectivity index (χ1n) is 7.06. The van der Waals surface area contributed by atoms with E-state index < -0.39 is 39.2 Å². The summed E-state index contributed by atoms with van der Waals surface area (Å²) in [4.78, 5) is 1.80. The van der Waals surface area contributed by atoms with Crippen LogP contribution in [0.5, 0.6) is 0 Å². The van der Waals surface area contributed by atoms with Gasteiger partial charge in [-0.2, -0.15) is 0 Å². The molecule has 0 N–H and O–H groups in total. The van der Waals surface area contributed by atoms with E-state index in [1.807, 2.05) is 20.8 Å². The van der Waals surface area contributed by atoms with E-state index in [0.29, 0.717) is 13.0 Å². The van der Waals surface area contributed by atoms with Crippen LogP contribution >= 0.6 is 0 Å². The molecule has 1 aromatic carbocycles. The summed E-state index contributed by atoms with van der Waals surface area (Å²) in [7, 11) is -2.69. The summed E-state index contributed by atoms with van der Waals surface area (Å²) in [6.07, 6.45) is 1.41. The molecule has 0 bridgehead atoms. The van der Waals surface area contributed by atoms with Gasteiger partial charge < -0.3 is 0 Å². The van der Waals surface area contributed by atoms with Crippen LogP contribution in [-0.4, -0.2) is 25.2 Å². The van der Waals surface area contributed by atoms with E-state index in [2.05, 4.69) is 0 Å². The summed E-state index contributed by atoms with van der Waals surface area (Å²) in [5, 5.41) is -0.692. The van der Waals surface area contributed by atoms with Gasteiger partial charge in [0.05, 0.1) is 0 Å². The molecule has 0 spiro atoms. The summed E-state index contributed by atoms with van der Waals surface area (Å²) < 4.78 is 50.8. The zero-order valence-electron chi connectivity index (χ0n) is 12.5. The molecule has 3 nitrogen and oxygen atoms in total.